The van der Waals surface area contributed by atoms with E-state index in [1.165, 1.54) is 0 Å². The average molecular weight is 513 g/mol. The highest BCUT2D eigenvalue weighted by Crippen LogP contribution is 2.31. The third kappa shape index (κ3) is 6.58. The van der Waals surface area contributed by atoms with E-state index in [4.69, 9.17) is 5.73 Å². The quantitative estimate of drug-likeness (QED) is 0.556. The van der Waals surface area contributed by atoms with Crippen LogP contribution in [-0.2, 0) is 19.8 Å². The summed E-state index contributed by atoms with van der Waals surface area (Å²) in [6, 6.07) is 4.98. The van der Waals surface area contributed by atoms with Crippen molar-refractivity contribution in [1.29, 1.82) is 0 Å². The van der Waals surface area contributed by atoms with E-state index < -0.39 is 18.1 Å². The van der Waals surface area contributed by atoms with Crippen LogP contribution in [0.5, 0.6) is 0 Å². The summed E-state index contributed by atoms with van der Waals surface area (Å²) in [5.74, 6) is -0.538. The monoisotopic (exact) mass is 512 g/mol. The van der Waals surface area contributed by atoms with Crippen molar-refractivity contribution in [2.24, 2.45) is 17.6 Å². The molecule has 8 nitrogen and oxygen atoms in total. The number of nitrogens with zero attached hydrogens (tertiary/aromatic N) is 2. The fourth-order valence-electron chi connectivity index (χ4n) is 5.44. The maximum atomic E-state index is 13.7. The smallest absolute Gasteiger partial charge is 0.251 e. The Bertz CT molecular complexity index is 1010. The zero-order valence-corrected chi connectivity index (χ0v) is 23.4. The van der Waals surface area contributed by atoms with Gasteiger partial charge < -0.3 is 20.9 Å². The van der Waals surface area contributed by atoms with E-state index in [1.54, 1.807) is 21.9 Å². The molecule has 37 heavy (non-hydrogen) atoms. The lowest BCUT2D eigenvalue weighted by molar-refractivity contribution is -0.138. The van der Waals surface area contributed by atoms with Gasteiger partial charge in [0, 0.05) is 12.1 Å². The summed E-state index contributed by atoms with van der Waals surface area (Å²) in [6.45, 7) is 14.7. The second-order valence-corrected chi connectivity index (χ2v) is 12.5. The van der Waals surface area contributed by atoms with Crippen LogP contribution in [-0.4, -0.2) is 70.6 Å². The molecule has 2 fully saturated rings. The van der Waals surface area contributed by atoms with E-state index in [0.717, 1.165) is 5.56 Å². The maximum absolute atomic E-state index is 13.7. The van der Waals surface area contributed by atoms with Gasteiger partial charge in [0.1, 0.15) is 12.1 Å². The molecular weight excluding hydrogens is 468 g/mol. The molecule has 0 saturated carbocycles. The number of benzene rings is 1. The number of ketones is 1. The van der Waals surface area contributed by atoms with Gasteiger partial charge in [0.25, 0.3) is 5.91 Å². The molecule has 1 unspecified atom stereocenters. The summed E-state index contributed by atoms with van der Waals surface area (Å²) < 4.78 is 0. The van der Waals surface area contributed by atoms with E-state index in [0.29, 0.717) is 31.4 Å². The Morgan fingerprint density at radius 2 is 1.57 bits per heavy atom. The van der Waals surface area contributed by atoms with Crippen LogP contribution in [0.15, 0.2) is 24.3 Å². The molecule has 8 heteroatoms. The van der Waals surface area contributed by atoms with Crippen LogP contribution in [0.2, 0.25) is 0 Å². The highest BCUT2D eigenvalue weighted by atomic mass is 16.2. The molecule has 0 radical (unpaired) electrons. The van der Waals surface area contributed by atoms with Gasteiger partial charge in [0.15, 0.2) is 5.78 Å². The first kappa shape index (κ1) is 28.8. The van der Waals surface area contributed by atoms with Crippen LogP contribution in [0.1, 0.15) is 83.7 Å². The van der Waals surface area contributed by atoms with E-state index >= 15 is 0 Å². The first-order valence-corrected chi connectivity index (χ1v) is 13.5. The molecule has 204 valence electrons. The number of hydrogen-bond acceptors (Lipinski definition) is 5. The molecule has 3 N–H and O–H groups in total. The second-order valence-electron chi connectivity index (χ2n) is 12.5. The number of carbonyl (C=O) groups excluding carboxylic acids is 4. The zero-order chi connectivity index (χ0) is 27.7. The summed E-state index contributed by atoms with van der Waals surface area (Å²) in [4.78, 5) is 56.0. The van der Waals surface area contributed by atoms with Crippen molar-refractivity contribution in [3.8, 4) is 0 Å². The predicted molar refractivity (Wildman–Crippen MR) is 144 cm³/mol. The summed E-state index contributed by atoms with van der Waals surface area (Å²) in [5.41, 5.74) is 7.71. The van der Waals surface area contributed by atoms with Crippen LogP contribution in [0.4, 0.5) is 0 Å². The number of nitrogens with one attached hydrogen (secondary N) is 1. The molecule has 3 rings (SSSR count). The van der Waals surface area contributed by atoms with E-state index in [-0.39, 0.29) is 53.3 Å². The van der Waals surface area contributed by atoms with Gasteiger partial charge >= 0.3 is 0 Å². The number of hydrogen-bond donors (Lipinski definition) is 2. The molecule has 1 aromatic carbocycles. The van der Waals surface area contributed by atoms with Crippen molar-refractivity contribution < 1.29 is 19.2 Å². The standard InChI is InChI=1S/C29H44N4O4/c1-17(2)14-21(30)27(36)33-16-24(34)25-23(33)12-13-32(25)28(37)22(15-18(3)4)31-26(35)19-8-10-20(11-9-19)29(5,6)7/h8-11,17-18,21-23,25H,12-16,30H2,1-7H3,(H,31,35)/t21-,22-,23?,25-/m0/s1. The van der Waals surface area contributed by atoms with Crippen molar-refractivity contribution >= 4 is 23.5 Å². The predicted octanol–water partition coefficient (Wildman–Crippen LogP) is 2.88. The molecule has 4 atom stereocenters. The normalized spacial score (nSPS) is 21.4. The molecule has 2 saturated heterocycles. The molecule has 0 spiro atoms. The number of Topliss-reactive ketones (excluding diaryl/α,β-unsaturated/α-hetero) is 1. The van der Waals surface area contributed by atoms with Crippen LogP contribution in [0.25, 0.3) is 0 Å². The van der Waals surface area contributed by atoms with Crippen LogP contribution in [0, 0.1) is 11.8 Å². The van der Waals surface area contributed by atoms with E-state index in [1.807, 2.05) is 39.8 Å². The van der Waals surface area contributed by atoms with Crippen molar-refractivity contribution in [2.75, 3.05) is 13.1 Å². The molecule has 3 amide bonds. The molecule has 0 aliphatic carbocycles. The lowest BCUT2D eigenvalue weighted by atomic mass is 9.86. The number of carbonyl (C=O) groups is 4. The second kappa shape index (κ2) is 11.3. The van der Waals surface area contributed by atoms with Gasteiger partial charge in [-0.25, -0.2) is 0 Å². The fourth-order valence-corrected chi connectivity index (χ4v) is 5.44. The summed E-state index contributed by atoms with van der Waals surface area (Å²) >= 11 is 0. The fraction of sp³-hybridized carbons (Fsp3) is 0.655. The topological polar surface area (TPSA) is 113 Å². The Balaban J connectivity index is 1.75. The first-order valence-electron chi connectivity index (χ1n) is 13.5. The summed E-state index contributed by atoms with van der Waals surface area (Å²) in [6.07, 6.45) is 1.52. The number of amides is 3. The molecule has 1 aromatic rings. The van der Waals surface area contributed by atoms with E-state index in [9.17, 15) is 19.2 Å². The van der Waals surface area contributed by atoms with Gasteiger partial charge in [0.05, 0.1) is 18.6 Å². The van der Waals surface area contributed by atoms with Gasteiger partial charge in [-0.05, 0) is 54.2 Å². The summed E-state index contributed by atoms with van der Waals surface area (Å²) in [7, 11) is 0. The van der Waals surface area contributed by atoms with E-state index in [2.05, 4.69) is 26.1 Å². The van der Waals surface area contributed by atoms with Crippen molar-refractivity contribution in [2.45, 2.75) is 97.3 Å². The van der Waals surface area contributed by atoms with Crippen LogP contribution >= 0.6 is 0 Å². The highest BCUT2D eigenvalue weighted by Gasteiger charge is 2.52. The number of fused-ring (bicyclic) bond motifs is 1. The Kier molecular flexibility index (Phi) is 8.83. The first-order chi connectivity index (χ1) is 17.2. The zero-order valence-electron chi connectivity index (χ0n) is 23.4. The van der Waals surface area contributed by atoms with Crippen LogP contribution < -0.4 is 11.1 Å². The number of rotatable bonds is 8. The van der Waals surface area contributed by atoms with Crippen molar-refractivity contribution in [3.05, 3.63) is 35.4 Å². The molecule has 0 aromatic heterocycles. The van der Waals surface area contributed by atoms with Gasteiger partial charge in [-0.1, -0.05) is 60.6 Å². The molecule has 0 bridgehead atoms. The Hall–Kier alpha value is -2.74. The highest BCUT2D eigenvalue weighted by molar-refractivity contribution is 6.01. The molecule has 2 aliphatic heterocycles. The summed E-state index contributed by atoms with van der Waals surface area (Å²) in [5, 5.41) is 2.93. The third-order valence-electron chi connectivity index (χ3n) is 7.35. The van der Waals surface area contributed by atoms with Gasteiger partial charge in [-0.2, -0.15) is 0 Å². The SMILES string of the molecule is CC(C)C[C@H](NC(=O)c1ccc(C(C)(C)C)cc1)C(=O)N1CCC2[C@H]1C(=O)CN2C(=O)[C@@H](N)CC(C)C. The number of likely N-dealkylation sites (tertiary alicyclic amines) is 2. The molecule has 2 aliphatic rings. The minimum Gasteiger partial charge on any atom is -0.340 e. The maximum Gasteiger partial charge on any atom is 0.251 e. The lowest BCUT2D eigenvalue weighted by Gasteiger charge is -2.29. The molecular formula is C29H44N4O4. The van der Waals surface area contributed by atoms with Gasteiger partial charge in [-0.3, -0.25) is 19.2 Å². The Morgan fingerprint density at radius 3 is 2.11 bits per heavy atom. The minimum atomic E-state index is -0.755. The minimum absolute atomic E-state index is 0.0227. The van der Waals surface area contributed by atoms with Gasteiger partial charge in [-0.15, -0.1) is 0 Å². The van der Waals surface area contributed by atoms with Crippen molar-refractivity contribution in [3.63, 3.8) is 0 Å². The molecule has 2 heterocycles. The largest absolute Gasteiger partial charge is 0.340 e. The van der Waals surface area contributed by atoms with Crippen molar-refractivity contribution in [1.82, 2.24) is 15.1 Å². The lowest BCUT2D eigenvalue weighted by Crippen LogP contribution is -2.53. The van der Waals surface area contributed by atoms with Crippen LogP contribution in [0.3, 0.4) is 0 Å². The Labute approximate surface area is 221 Å². The Morgan fingerprint density at radius 1 is 0.973 bits per heavy atom. The number of nitrogens with two attached hydrogens (primary N) is 1. The third-order valence-corrected chi connectivity index (χ3v) is 7.35. The average Bonchev–Trinajstić information content (AvgIpc) is 3.37. The van der Waals surface area contributed by atoms with Gasteiger partial charge in [0.2, 0.25) is 11.8 Å².